The number of hydrogen-bond donors (Lipinski definition) is 1. The van der Waals surface area contributed by atoms with Crippen LogP contribution in [0.15, 0.2) is 66.9 Å². The molecule has 4 heteroatoms. The van der Waals surface area contributed by atoms with Gasteiger partial charge in [0.15, 0.2) is 0 Å². The highest BCUT2D eigenvalue weighted by Crippen LogP contribution is 2.22. The molecular formula is C21H20N2O2. The quantitative estimate of drug-likeness (QED) is 0.760. The molecule has 0 saturated heterocycles. The smallest absolute Gasteiger partial charge is 0.228 e. The second kappa shape index (κ2) is 7.62. The summed E-state index contributed by atoms with van der Waals surface area (Å²) in [6.07, 6.45) is 2.11. The van der Waals surface area contributed by atoms with Gasteiger partial charge in [0.2, 0.25) is 5.91 Å². The van der Waals surface area contributed by atoms with Crippen LogP contribution >= 0.6 is 0 Å². The zero-order valence-electron chi connectivity index (χ0n) is 14.3. The molecule has 1 heterocycles. The van der Waals surface area contributed by atoms with E-state index in [-0.39, 0.29) is 5.91 Å². The first-order valence-electron chi connectivity index (χ1n) is 8.10. The Morgan fingerprint density at radius 1 is 1.04 bits per heavy atom. The van der Waals surface area contributed by atoms with Crippen LogP contribution in [0.3, 0.4) is 0 Å². The summed E-state index contributed by atoms with van der Waals surface area (Å²) < 4.78 is 5.18. The number of amides is 1. The predicted octanol–water partition coefficient (Wildman–Crippen LogP) is 4.25. The Labute approximate surface area is 147 Å². The Bertz CT molecular complexity index is 873. The number of hydrogen-bond acceptors (Lipinski definition) is 3. The molecule has 3 rings (SSSR count). The number of nitrogens with one attached hydrogen (secondary N) is 1. The van der Waals surface area contributed by atoms with Crippen molar-refractivity contribution in [3.05, 3.63) is 78.1 Å². The van der Waals surface area contributed by atoms with E-state index in [0.717, 1.165) is 33.8 Å². The van der Waals surface area contributed by atoms with Crippen LogP contribution in [0.4, 0.5) is 5.69 Å². The summed E-state index contributed by atoms with van der Waals surface area (Å²) in [5, 5.41) is 2.93. The SMILES string of the molecule is COc1cccc(CC(=O)Nc2ccc(-c3ccnc(C)c3)cc2)c1. The van der Waals surface area contributed by atoms with Crippen LogP contribution in [-0.2, 0) is 11.2 Å². The minimum absolute atomic E-state index is 0.0549. The van der Waals surface area contributed by atoms with Gasteiger partial charge in [0.05, 0.1) is 13.5 Å². The Hall–Kier alpha value is -3.14. The molecule has 0 fully saturated rings. The van der Waals surface area contributed by atoms with Crippen molar-refractivity contribution in [3.8, 4) is 16.9 Å². The number of methoxy groups -OCH3 is 1. The number of aromatic nitrogens is 1. The summed E-state index contributed by atoms with van der Waals surface area (Å²) in [4.78, 5) is 16.4. The second-order valence-electron chi connectivity index (χ2n) is 5.84. The zero-order valence-corrected chi connectivity index (χ0v) is 14.3. The van der Waals surface area contributed by atoms with Gasteiger partial charge in [-0.2, -0.15) is 0 Å². The topological polar surface area (TPSA) is 51.2 Å². The molecule has 1 aromatic heterocycles. The zero-order chi connectivity index (χ0) is 17.6. The van der Waals surface area contributed by atoms with Crippen molar-refractivity contribution in [2.24, 2.45) is 0 Å². The highest BCUT2D eigenvalue weighted by atomic mass is 16.5. The van der Waals surface area contributed by atoms with Crippen LogP contribution < -0.4 is 10.1 Å². The van der Waals surface area contributed by atoms with Gasteiger partial charge in [-0.25, -0.2) is 0 Å². The highest BCUT2D eigenvalue weighted by Gasteiger charge is 2.06. The lowest BCUT2D eigenvalue weighted by Gasteiger charge is -2.08. The van der Waals surface area contributed by atoms with Crippen molar-refractivity contribution >= 4 is 11.6 Å². The van der Waals surface area contributed by atoms with Gasteiger partial charge >= 0.3 is 0 Å². The van der Waals surface area contributed by atoms with E-state index in [4.69, 9.17) is 4.74 Å². The maximum absolute atomic E-state index is 12.2. The van der Waals surface area contributed by atoms with Gasteiger partial charge < -0.3 is 10.1 Å². The van der Waals surface area contributed by atoms with Gasteiger partial charge in [-0.1, -0.05) is 24.3 Å². The van der Waals surface area contributed by atoms with E-state index in [0.29, 0.717) is 6.42 Å². The van der Waals surface area contributed by atoms with E-state index < -0.39 is 0 Å². The highest BCUT2D eigenvalue weighted by molar-refractivity contribution is 5.92. The summed E-state index contributed by atoms with van der Waals surface area (Å²) >= 11 is 0. The lowest BCUT2D eigenvalue weighted by molar-refractivity contribution is -0.115. The summed E-state index contributed by atoms with van der Waals surface area (Å²) in [6, 6.07) is 19.4. The molecule has 0 aliphatic carbocycles. The maximum atomic E-state index is 12.2. The Morgan fingerprint density at radius 2 is 1.84 bits per heavy atom. The van der Waals surface area contributed by atoms with Crippen molar-refractivity contribution in [2.75, 3.05) is 12.4 Å². The molecule has 1 amide bonds. The molecule has 0 aliphatic rings. The first-order chi connectivity index (χ1) is 12.1. The molecule has 0 unspecified atom stereocenters. The molecule has 1 N–H and O–H groups in total. The third kappa shape index (κ3) is 4.44. The van der Waals surface area contributed by atoms with Crippen LogP contribution in [0.1, 0.15) is 11.3 Å². The van der Waals surface area contributed by atoms with E-state index >= 15 is 0 Å². The minimum atomic E-state index is -0.0549. The second-order valence-corrected chi connectivity index (χ2v) is 5.84. The van der Waals surface area contributed by atoms with Gasteiger partial charge in [0, 0.05) is 17.6 Å². The Kier molecular flexibility index (Phi) is 5.09. The number of benzene rings is 2. The lowest BCUT2D eigenvalue weighted by atomic mass is 10.1. The number of ether oxygens (including phenoxy) is 1. The van der Waals surface area contributed by atoms with Gasteiger partial charge in [0.25, 0.3) is 0 Å². The number of nitrogens with zero attached hydrogens (tertiary/aromatic N) is 1. The van der Waals surface area contributed by atoms with E-state index in [9.17, 15) is 4.79 Å². The van der Waals surface area contributed by atoms with Crippen molar-refractivity contribution in [1.29, 1.82) is 0 Å². The van der Waals surface area contributed by atoms with Gasteiger partial charge in [0.1, 0.15) is 5.75 Å². The summed E-state index contributed by atoms with van der Waals surface area (Å²) in [7, 11) is 1.62. The van der Waals surface area contributed by atoms with Gasteiger partial charge in [-0.15, -0.1) is 0 Å². The molecule has 0 radical (unpaired) electrons. The lowest BCUT2D eigenvalue weighted by Crippen LogP contribution is -2.14. The van der Waals surface area contributed by atoms with E-state index in [1.54, 1.807) is 13.3 Å². The van der Waals surface area contributed by atoms with Gasteiger partial charge in [-0.05, 0) is 60.0 Å². The number of anilines is 1. The summed E-state index contributed by atoms with van der Waals surface area (Å²) in [5.74, 6) is 0.697. The molecule has 4 nitrogen and oxygen atoms in total. The van der Waals surface area contributed by atoms with E-state index in [1.807, 2.05) is 67.6 Å². The molecule has 0 spiro atoms. The molecular weight excluding hydrogens is 312 g/mol. The number of rotatable bonds is 5. The standard InChI is InChI=1S/C21H20N2O2/c1-15-12-18(10-11-22-15)17-6-8-19(9-7-17)23-21(24)14-16-4-3-5-20(13-16)25-2/h3-13H,14H2,1-2H3,(H,23,24). The van der Waals surface area contributed by atoms with Crippen LogP contribution in [0.25, 0.3) is 11.1 Å². The minimum Gasteiger partial charge on any atom is -0.497 e. The van der Waals surface area contributed by atoms with E-state index in [1.165, 1.54) is 0 Å². The third-order valence-corrected chi connectivity index (χ3v) is 3.90. The van der Waals surface area contributed by atoms with Crippen molar-refractivity contribution in [3.63, 3.8) is 0 Å². The Balaban J connectivity index is 1.65. The third-order valence-electron chi connectivity index (χ3n) is 3.90. The average molecular weight is 332 g/mol. The maximum Gasteiger partial charge on any atom is 0.228 e. The fourth-order valence-electron chi connectivity index (χ4n) is 2.64. The molecule has 126 valence electrons. The molecule has 25 heavy (non-hydrogen) atoms. The molecule has 0 bridgehead atoms. The van der Waals surface area contributed by atoms with Crippen LogP contribution in [0, 0.1) is 6.92 Å². The van der Waals surface area contributed by atoms with Crippen LogP contribution in [0.5, 0.6) is 5.75 Å². The molecule has 2 aromatic carbocycles. The monoisotopic (exact) mass is 332 g/mol. The fourth-order valence-corrected chi connectivity index (χ4v) is 2.64. The molecule has 3 aromatic rings. The average Bonchev–Trinajstić information content (AvgIpc) is 2.62. The largest absolute Gasteiger partial charge is 0.497 e. The van der Waals surface area contributed by atoms with Crippen LogP contribution in [-0.4, -0.2) is 18.0 Å². The van der Waals surface area contributed by atoms with Crippen molar-refractivity contribution < 1.29 is 9.53 Å². The summed E-state index contributed by atoms with van der Waals surface area (Å²) in [6.45, 7) is 1.97. The first kappa shape index (κ1) is 16.7. The first-order valence-corrected chi connectivity index (χ1v) is 8.10. The van der Waals surface area contributed by atoms with E-state index in [2.05, 4.69) is 10.3 Å². The summed E-state index contributed by atoms with van der Waals surface area (Å²) in [5.41, 5.74) is 4.88. The molecule has 0 saturated carbocycles. The van der Waals surface area contributed by atoms with Crippen molar-refractivity contribution in [1.82, 2.24) is 4.98 Å². The molecule has 0 aliphatic heterocycles. The number of carbonyl (C=O) groups is 1. The predicted molar refractivity (Wildman–Crippen MR) is 99.7 cm³/mol. The number of pyridine rings is 1. The number of aryl methyl sites for hydroxylation is 1. The van der Waals surface area contributed by atoms with Crippen molar-refractivity contribution in [2.45, 2.75) is 13.3 Å². The fraction of sp³-hybridized carbons (Fsp3) is 0.143. The Morgan fingerprint density at radius 3 is 2.56 bits per heavy atom. The van der Waals surface area contributed by atoms with Crippen LogP contribution in [0.2, 0.25) is 0 Å². The number of carbonyl (C=O) groups excluding carboxylic acids is 1. The van der Waals surface area contributed by atoms with Gasteiger partial charge in [-0.3, -0.25) is 9.78 Å². The normalized spacial score (nSPS) is 10.3. The molecule has 0 atom stereocenters.